The zero-order chi connectivity index (χ0) is 15.6. The molecule has 112 valence electrons. The number of hydrogen-bond acceptors (Lipinski definition) is 1. The lowest BCUT2D eigenvalue weighted by Crippen LogP contribution is -2.07. The van der Waals surface area contributed by atoms with Crippen molar-refractivity contribution in [2.45, 2.75) is 12.7 Å². The molecule has 0 spiro atoms. The molecule has 1 nitrogen and oxygen atoms in total. The molecular weight excluding hydrogens is 296 g/mol. The first-order chi connectivity index (χ1) is 9.77. The first-order valence-corrected chi connectivity index (χ1v) is 5.82. The van der Waals surface area contributed by atoms with Crippen LogP contribution < -0.4 is 5.32 Å². The summed E-state index contributed by atoms with van der Waals surface area (Å²) in [5, 5.41) is 2.53. The van der Waals surface area contributed by atoms with Crippen LogP contribution in [-0.2, 0) is 12.7 Å². The molecule has 0 saturated carbocycles. The van der Waals surface area contributed by atoms with Crippen molar-refractivity contribution in [3.05, 3.63) is 65.0 Å². The number of nitrogens with one attached hydrogen (secondary N) is 1. The fourth-order valence-electron chi connectivity index (χ4n) is 1.72. The van der Waals surface area contributed by atoms with Gasteiger partial charge in [-0.1, -0.05) is 12.1 Å². The Kier molecular flexibility index (Phi) is 4.11. The van der Waals surface area contributed by atoms with Crippen molar-refractivity contribution in [1.82, 2.24) is 0 Å². The molecule has 0 aliphatic heterocycles. The van der Waals surface area contributed by atoms with E-state index >= 15 is 0 Å². The lowest BCUT2D eigenvalue weighted by molar-refractivity contribution is -0.137. The Hall–Kier alpha value is -2.18. The van der Waals surface area contributed by atoms with E-state index in [-0.39, 0.29) is 17.8 Å². The largest absolute Gasteiger partial charge is 0.416 e. The number of hydrogen-bond donors (Lipinski definition) is 1. The van der Waals surface area contributed by atoms with Crippen LogP contribution in [0.3, 0.4) is 0 Å². The van der Waals surface area contributed by atoms with Crippen molar-refractivity contribution in [2.24, 2.45) is 0 Å². The minimum atomic E-state index is -4.47. The monoisotopic (exact) mass is 305 g/mol. The lowest BCUT2D eigenvalue weighted by Gasteiger charge is -2.10. The highest BCUT2D eigenvalue weighted by Crippen LogP contribution is 2.29. The molecule has 0 bridgehead atoms. The van der Waals surface area contributed by atoms with Crippen LogP contribution in [0.2, 0.25) is 0 Å². The molecular formula is C14H9F6N. The van der Waals surface area contributed by atoms with Gasteiger partial charge in [-0.05, 0) is 17.7 Å². The number of halogens is 6. The quantitative estimate of drug-likeness (QED) is 0.638. The number of rotatable bonds is 3. The van der Waals surface area contributed by atoms with E-state index in [4.69, 9.17) is 0 Å². The Morgan fingerprint density at radius 1 is 0.905 bits per heavy atom. The third kappa shape index (κ3) is 3.68. The second kappa shape index (κ2) is 5.67. The third-order valence-corrected chi connectivity index (χ3v) is 2.73. The van der Waals surface area contributed by atoms with E-state index in [0.29, 0.717) is 0 Å². The smallest absolute Gasteiger partial charge is 0.381 e. The van der Waals surface area contributed by atoms with E-state index < -0.39 is 29.2 Å². The summed E-state index contributed by atoms with van der Waals surface area (Å²) in [5.41, 5.74) is -0.614. The molecule has 0 aliphatic rings. The van der Waals surface area contributed by atoms with Gasteiger partial charge in [0.2, 0.25) is 0 Å². The summed E-state index contributed by atoms with van der Waals surface area (Å²) in [5.74, 6) is -4.34. The minimum absolute atomic E-state index is 0.0659. The zero-order valence-corrected chi connectivity index (χ0v) is 10.4. The maximum absolute atomic E-state index is 13.0. The summed E-state index contributed by atoms with van der Waals surface area (Å²) in [6, 6.07) is 5.95. The van der Waals surface area contributed by atoms with Crippen LogP contribution in [0.1, 0.15) is 11.1 Å². The van der Waals surface area contributed by atoms with Gasteiger partial charge in [-0.2, -0.15) is 13.2 Å². The van der Waals surface area contributed by atoms with Gasteiger partial charge in [0, 0.05) is 24.4 Å². The SMILES string of the molecule is Fc1cc(NCc2cccc(C(F)(F)F)c2)cc(F)c1F. The molecule has 0 aromatic heterocycles. The van der Waals surface area contributed by atoms with Crippen LogP contribution in [0.4, 0.5) is 32.0 Å². The van der Waals surface area contributed by atoms with Gasteiger partial charge in [0.15, 0.2) is 17.5 Å². The van der Waals surface area contributed by atoms with Crippen LogP contribution in [0, 0.1) is 17.5 Å². The van der Waals surface area contributed by atoms with Gasteiger partial charge in [-0.15, -0.1) is 0 Å². The van der Waals surface area contributed by atoms with E-state index in [1.807, 2.05) is 0 Å². The van der Waals surface area contributed by atoms with Crippen molar-refractivity contribution in [2.75, 3.05) is 5.32 Å². The van der Waals surface area contributed by atoms with Crippen LogP contribution >= 0.6 is 0 Å². The van der Waals surface area contributed by atoms with Gasteiger partial charge in [-0.3, -0.25) is 0 Å². The molecule has 0 unspecified atom stereocenters. The standard InChI is InChI=1S/C14H9F6N/c15-11-5-10(6-12(16)13(11)17)21-7-8-2-1-3-9(4-8)14(18,19)20/h1-6,21H,7H2. The van der Waals surface area contributed by atoms with Gasteiger partial charge in [0.05, 0.1) is 5.56 Å². The van der Waals surface area contributed by atoms with Crippen LogP contribution in [0.25, 0.3) is 0 Å². The molecule has 0 saturated heterocycles. The molecule has 1 N–H and O–H groups in total. The summed E-state index contributed by atoms with van der Waals surface area (Å²) in [7, 11) is 0. The molecule has 7 heteroatoms. The molecule has 0 heterocycles. The Balaban J connectivity index is 2.14. The Labute approximate surface area is 116 Å². The van der Waals surface area contributed by atoms with Gasteiger partial charge < -0.3 is 5.32 Å². The van der Waals surface area contributed by atoms with E-state index in [0.717, 1.165) is 24.3 Å². The predicted octanol–water partition coefficient (Wildman–Crippen LogP) is 4.73. The minimum Gasteiger partial charge on any atom is -0.381 e. The van der Waals surface area contributed by atoms with Crippen molar-refractivity contribution >= 4 is 5.69 Å². The Morgan fingerprint density at radius 2 is 1.52 bits per heavy atom. The fourth-order valence-corrected chi connectivity index (χ4v) is 1.72. The van der Waals surface area contributed by atoms with Crippen LogP contribution in [0.5, 0.6) is 0 Å². The summed E-state index contributed by atoms with van der Waals surface area (Å²) in [4.78, 5) is 0. The summed E-state index contributed by atoms with van der Waals surface area (Å²) < 4.78 is 76.3. The van der Waals surface area contributed by atoms with Crippen molar-refractivity contribution < 1.29 is 26.3 Å². The zero-order valence-electron chi connectivity index (χ0n) is 10.4. The van der Waals surface area contributed by atoms with Crippen LogP contribution in [-0.4, -0.2) is 0 Å². The maximum atomic E-state index is 13.0. The molecule has 0 radical (unpaired) electrons. The Morgan fingerprint density at radius 3 is 2.10 bits per heavy atom. The van der Waals surface area contributed by atoms with E-state index in [2.05, 4.69) is 5.32 Å². The number of benzene rings is 2. The van der Waals surface area contributed by atoms with Crippen LogP contribution in [0.15, 0.2) is 36.4 Å². The van der Waals surface area contributed by atoms with Gasteiger partial charge in [-0.25, -0.2) is 13.2 Å². The summed E-state index contributed by atoms with van der Waals surface area (Å²) >= 11 is 0. The maximum Gasteiger partial charge on any atom is 0.416 e. The topological polar surface area (TPSA) is 12.0 Å². The van der Waals surface area contributed by atoms with E-state index in [9.17, 15) is 26.3 Å². The van der Waals surface area contributed by atoms with Gasteiger partial charge in [0.25, 0.3) is 0 Å². The normalized spacial score (nSPS) is 11.5. The second-order valence-electron chi connectivity index (χ2n) is 4.31. The van der Waals surface area contributed by atoms with E-state index in [1.165, 1.54) is 12.1 Å². The third-order valence-electron chi connectivity index (χ3n) is 2.73. The molecule has 0 fully saturated rings. The first kappa shape index (κ1) is 15.2. The van der Waals surface area contributed by atoms with E-state index in [1.54, 1.807) is 0 Å². The van der Waals surface area contributed by atoms with Gasteiger partial charge in [0.1, 0.15) is 0 Å². The second-order valence-corrected chi connectivity index (χ2v) is 4.31. The highest BCUT2D eigenvalue weighted by atomic mass is 19.4. The average molecular weight is 305 g/mol. The van der Waals surface area contributed by atoms with Crippen molar-refractivity contribution in [3.63, 3.8) is 0 Å². The summed E-state index contributed by atoms with van der Waals surface area (Å²) in [6.45, 7) is -0.0889. The highest BCUT2D eigenvalue weighted by molar-refractivity contribution is 5.45. The molecule has 0 amide bonds. The Bertz CT molecular complexity index is 627. The average Bonchev–Trinajstić information content (AvgIpc) is 2.42. The van der Waals surface area contributed by atoms with Crippen molar-refractivity contribution in [3.8, 4) is 0 Å². The number of anilines is 1. The first-order valence-electron chi connectivity index (χ1n) is 5.82. The highest BCUT2D eigenvalue weighted by Gasteiger charge is 2.30. The fraction of sp³-hybridized carbons (Fsp3) is 0.143. The number of alkyl halides is 3. The summed E-state index contributed by atoms with van der Waals surface area (Å²) in [6.07, 6.45) is -4.47. The molecule has 0 aliphatic carbocycles. The molecule has 2 rings (SSSR count). The predicted molar refractivity (Wildman–Crippen MR) is 65.1 cm³/mol. The molecule has 2 aromatic carbocycles. The van der Waals surface area contributed by atoms with Crippen molar-refractivity contribution in [1.29, 1.82) is 0 Å². The molecule has 2 aromatic rings. The lowest BCUT2D eigenvalue weighted by atomic mass is 10.1. The molecule has 21 heavy (non-hydrogen) atoms. The molecule has 0 atom stereocenters. The van der Waals surface area contributed by atoms with Gasteiger partial charge >= 0.3 is 6.18 Å².